The molecule has 4 aliphatic rings. The molecule has 0 unspecified atom stereocenters. The molecule has 0 amide bonds. The number of aliphatic hydroxyl groups excluding tert-OH is 9. The highest BCUT2D eigenvalue weighted by Gasteiger charge is 2.53. The van der Waals surface area contributed by atoms with Crippen molar-refractivity contribution in [1.82, 2.24) is 0 Å². The van der Waals surface area contributed by atoms with E-state index >= 15 is 0 Å². The van der Waals surface area contributed by atoms with Crippen molar-refractivity contribution in [2.24, 2.45) is 0 Å². The SMILES string of the molecule is CO[C@@H]1[C@@H](O)[C@H](O[C@@H]2[C@@H](O)[C@H](O[C@H]3[C@H](O)[C@@H](O)[C@H](O[C@@H]4[C@@H](O)[C@H](OS(=O)(=O)O)CO[C@H]4O)O[C@@H]3C)OC[C@H]2O)O[C@H](CO)[C@H]1O. The minimum Gasteiger partial charge on any atom is -0.394 e. The predicted octanol–water partition coefficient (Wildman–Crippen LogP) is -6.96. The lowest BCUT2D eigenvalue weighted by Crippen LogP contribution is -2.65. The molecule has 4 heterocycles. The van der Waals surface area contributed by atoms with Gasteiger partial charge in [0.15, 0.2) is 25.2 Å². The fourth-order valence-electron chi connectivity index (χ4n) is 5.43. The second-order valence-electron chi connectivity index (χ2n) is 10.9. The van der Waals surface area contributed by atoms with Gasteiger partial charge in [-0.2, -0.15) is 8.42 Å². The lowest BCUT2D eigenvalue weighted by molar-refractivity contribution is -0.377. The van der Waals surface area contributed by atoms with Gasteiger partial charge in [0.25, 0.3) is 0 Å². The molecule has 0 bridgehead atoms. The van der Waals surface area contributed by atoms with Crippen LogP contribution >= 0.6 is 0 Å². The zero-order valence-corrected chi connectivity index (χ0v) is 24.7. The first kappa shape index (κ1) is 37.0. The largest absolute Gasteiger partial charge is 0.397 e. The molecule has 0 spiro atoms. The molecule has 21 nitrogen and oxygen atoms in total. The maximum absolute atomic E-state index is 11.1. The van der Waals surface area contributed by atoms with Crippen LogP contribution in [0.5, 0.6) is 0 Å². The van der Waals surface area contributed by atoms with E-state index in [0.717, 1.165) is 0 Å². The van der Waals surface area contributed by atoms with Crippen LogP contribution in [0.4, 0.5) is 0 Å². The standard InChI is InChI=1S/C23H40O21S/c1-6-16(12(28)13(29)22(39-6)43-19-11(27)9(5-37-20(19)32)44-45(33,34)35)41-21-14(30)17(7(25)4-38-21)42-23-15(31)18(36-2)10(26)8(3-24)40-23/h6-32H,3-5H2,1-2H3,(H,33,34,35)/t6-,7-,8-,9-,10-,11+,12-,13-,14-,15-,16-,17+,18+,19-,20-,21+,22+,23+/m1/s1. The number of hydrogen-bond acceptors (Lipinski definition) is 20. The van der Waals surface area contributed by atoms with E-state index in [0.29, 0.717) is 0 Å². The van der Waals surface area contributed by atoms with E-state index in [1.807, 2.05) is 0 Å². The molecular weight excluding hydrogens is 644 g/mol. The maximum atomic E-state index is 11.1. The van der Waals surface area contributed by atoms with Crippen LogP contribution in [-0.4, -0.2) is 196 Å². The van der Waals surface area contributed by atoms with Gasteiger partial charge in [-0.3, -0.25) is 4.55 Å². The molecule has 0 aromatic carbocycles. The van der Waals surface area contributed by atoms with E-state index in [4.69, 9.17) is 42.4 Å². The molecule has 4 aliphatic heterocycles. The molecule has 10 N–H and O–H groups in total. The van der Waals surface area contributed by atoms with Crippen LogP contribution in [-0.2, 0) is 52.5 Å². The monoisotopic (exact) mass is 684 g/mol. The van der Waals surface area contributed by atoms with Crippen molar-refractivity contribution >= 4 is 10.4 Å². The molecule has 18 atom stereocenters. The first-order valence-corrected chi connectivity index (χ1v) is 15.2. The quantitative estimate of drug-likeness (QED) is 0.0956. The normalized spacial score (nSPS) is 50.0. The Bertz CT molecular complexity index is 1050. The van der Waals surface area contributed by atoms with E-state index in [2.05, 4.69) is 4.18 Å². The maximum Gasteiger partial charge on any atom is 0.397 e. The highest BCUT2D eigenvalue weighted by molar-refractivity contribution is 7.80. The molecule has 264 valence electrons. The number of hydrogen-bond donors (Lipinski definition) is 10. The molecular formula is C23H40O21S. The van der Waals surface area contributed by atoms with Crippen LogP contribution in [0.3, 0.4) is 0 Å². The highest BCUT2D eigenvalue weighted by Crippen LogP contribution is 2.32. The zero-order chi connectivity index (χ0) is 33.4. The Morgan fingerprint density at radius 1 is 0.689 bits per heavy atom. The van der Waals surface area contributed by atoms with Gasteiger partial charge in [-0.1, -0.05) is 0 Å². The van der Waals surface area contributed by atoms with E-state index < -0.39 is 141 Å². The van der Waals surface area contributed by atoms with Gasteiger partial charge in [-0.25, -0.2) is 4.18 Å². The number of ether oxygens (including phenoxy) is 8. The van der Waals surface area contributed by atoms with Gasteiger partial charge in [0, 0.05) is 7.11 Å². The average molecular weight is 685 g/mol. The van der Waals surface area contributed by atoms with Crippen molar-refractivity contribution in [3.63, 3.8) is 0 Å². The first-order valence-electron chi connectivity index (χ1n) is 13.8. The first-order chi connectivity index (χ1) is 21.1. The summed E-state index contributed by atoms with van der Waals surface area (Å²) < 4.78 is 78.3. The molecule has 4 fully saturated rings. The van der Waals surface area contributed by atoms with Crippen molar-refractivity contribution in [3.8, 4) is 0 Å². The topological polar surface area (TPSA) is 320 Å². The van der Waals surface area contributed by atoms with Crippen LogP contribution in [0, 0.1) is 0 Å². The summed E-state index contributed by atoms with van der Waals surface area (Å²) in [6.07, 6.45) is -29.0. The number of methoxy groups -OCH3 is 1. The van der Waals surface area contributed by atoms with E-state index in [1.165, 1.54) is 14.0 Å². The summed E-state index contributed by atoms with van der Waals surface area (Å²) in [5.74, 6) is 0. The second-order valence-corrected chi connectivity index (χ2v) is 12.0. The third-order valence-electron chi connectivity index (χ3n) is 7.85. The van der Waals surface area contributed by atoms with Gasteiger partial charge in [0.2, 0.25) is 0 Å². The number of aliphatic hydroxyl groups is 9. The van der Waals surface area contributed by atoms with E-state index in [1.54, 1.807) is 0 Å². The summed E-state index contributed by atoms with van der Waals surface area (Å²) in [4.78, 5) is 0. The van der Waals surface area contributed by atoms with E-state index in [9.17, 15) is 54.4 Å². The van der Waals surface area contributed by atoms with Gasteiger partial charge in [-0.05, 0) is 6.92 Å². The molecule has 22 heteroatoms. The Hall–Kier alpha value is -0.810. The van der Waals surface area contributed by atoms with Crippen molar-refractivity contribution in [2.45, 2.75) is 118 Å². The van der Waals surface area contributed by atoms with Gasteiger partial charge >= 0.3 is 10.4 Å². The average Bonchev–Trinajstić information content (AvgIpc) is 2.97. The number of rotatable bonds is 10. The zero-order valence-electron chi connectivity index (χ0n) is 23.9. The molecule has 4 saturated heterocycles. The third-order valence-corrected chi connectivity index (χ3v) is 8.34. The van der Waals surface area contributed by atoms with Crippen LogP contribution in [0.25, 0.3) is 0 Å². The Morgan fingerprint density at radius 2 is 1.29 bits per heavy atom. The van der Waals surface area contributed by atoms with Gasteiger partial charge < -0.3 is 83.9 Å². The van der Waals surface area contributed by atoms with Crippen LogP contribution < -0.4 is 0 Å². The molecule has 0 aromatic heterocycles. The molecule has 0 radical (unpaired) electrons. The summed E-state index contributed by atoms with van der Waals surface area (Å²) in [5.41, 5.74) is 0. The summed E-state index contributed by atoms with van der Waals surface area (Å²) >= 11 is 0. The van der Waals surface area contributed by atoms with Gasteiger partial charge in [-0.15, -0.1) is 0 Å². The van der Waals surface area contributed by atoms with Crippen LogP contribution in [0.1, 0.15) is 6.92 Å². The van der Waals surface area contributed by atoms with Crippen molar-refractivity contribution in [2.75, 3.05) is 26.9 Å². The smallest absolute Gasteiger partial charge is 0.394 e. The molecule has 45 heavy (non-hydrogen) atoms. The Kier molecular flexibility index (Phi) is 12.5. The third kappa shape index (κ3) is 8.26. The Morgan fingerprint density at radius 3 is 1.91 bits per heavy atom. The molecule has 0 saturated carbocycles. The summed E-state index contributed by atoms with van der Waals surface area (Å²) in [7, 11) is -3.83. The summed E-state index contributed by atoms with van der Waals surface area (Å²) in [6.45, 7) is -0.449. The van der Waals surface area contributed by atoms with Crippen molar-refractivity contribution < 1.29 is 101 Å². The second kappa shape index (κ2) is 15.2. The minimum atomic E-state index is -5.03. The van der Waals surface area contributed by atoms with Crippen LogP contribution in [0.2, 0.25) is 0 Å². The Balaban J connectivity index is 1.39. The predicted molar refractivity (Wildman–Crippen MR) is 136 cm³/mol. The fraction of sp³-hybridized carbons (Fsp3) is 1.00. The minimum absolute atomic E-state index is 0.481. The Labute approximate surface area is 256 Å². The van der Waals surface area contributed by atoms with Crippen LogP contribution in [0.15, 0.2) is 0 Å². The highest BCUT2D eigenvalue weighted by atomic mass is 32.3. The lowest BCUT2D eigenvalue weighted by Gasteiger charge is -2.47. The molecule has 4 rings (SSSR count). The summed E-state index contributed by atoms with van der Waals surface area (Å²) in [6, 6.07) is 0. The fourth-order valence-corrected chi connectivity index (χ4v) is 5.91. The molecule has 0 aromatic rings. The molecule has 0 aliphatic carbocycles. The summed E-state index contributed by atoms with van der Waals surface area (Å²) in [5, 5.41) is 93.9. The van der Waals surface area contributed by atoms with Gasteiger partial charge in [0.05, 0.1) is 25.9 Å². The van der Waals surface area contributed by atoms with Crippen molar-refractivity contribution in [3.05, 3.63) is 0 Å². The van der Waals surface area contributed by atoms with Crippen molar-refractivity contribution in [1.29, 1.82) is 0 Å². The van der Waals surface area contributed by atoms with Gasteiger partial charge in [0.1, 0.15) is 79.4 Å². The van der Waals surface area contributed by atoms with E-state index in [-0.39, 0.29) is 0 Å². The lowest BCUT2D eigenvalue weighted by atomic mass is 9.97.